The van der Waals surface area contributed by atoms with Crippen LogP contribution in [0.1, 0.15) is 30.4 Å². The summed E-state index contributed by atoms with van der Waals surface area (Å²) in [4.78, 5) is 2.48. The highest BCUT2D eigenvalue weighted by atomic mass is 16.5. The van der Waals surface area contributed by atoms with Crippen molar-refractivity contribution in [1.29, 1.82) is 0 Å². The Morgan fingerprint density at radius 3 is 2.73 bits per heavy atom. The number of fused-ring (bicyclic) bond motifs is 1. The number of likely N-dealkylation sites (tertiary alicyclic amines) is 1. The fraction of sp³-hybridized carbons (Fsp3) is 0.364. The summed E-state index contributed by atoms with van der Waals surface area (Å²) in [5.41, 5.74) is 3.15. The highest BCUT2D eigenvalue weighted by Gasteiger charge is 2.19. The first-order valence-corrected chi connectivity index (χ1v) is 9.42. The molecule has 1 saturated heterocycles. The molecule has 0 radical (unpaired) electrons. The minimum absolute atomic E-state index is 0.219. The summed E-state index contributed by atoms with van der Waals surface area (Å²) in [6.07, 6.45) is 6.03. The summed E-state index contributed by atoms with van der Waals surface area (Å²) < 4.78 is 11.8. The zero-order valence-corrected chi connectivity index (χ0v) is 15.0. The molecule has 0 bridgehead atoms. The molecule has 2 aromatic carbocycles. The molecule has 0 aromatic heterocycles. The van der Waals surface area contributed by atoms with E-state index in [0.717, 1.165) is 29.0 Å². The molecule has 4 nitrogen and oxygen atoms in total. The maximum absolute atomic E-state index is 9.71. The first-order chi connectivity index (χ1) is 12.8. The maximum atomic E-state index is 9.71. The van der Waals surface area contributed by atoms with Crippen molar-refractivity contribution in [1.82, 2.24) is 4.90 Å². The van der Waals surface area contributed by atoms with E-state index in [0.29, 0.717) is 19.0 Å². The highest BCUT2D eigenvalue weighted by molar-refractivity contribution is 5.86. The Bertz CT molecular complexity index is 794. The largest absolute Gasteiger partial charge is 0.508 e. The van der Waals surface area contributed by atoms with Crippen LogP contribution in [-0.2, 0) is 0 Å². The van der Waals surface area contributed by atoms with Gasteiger partial charge in [-0.1, -0.05) is 24.6 Å². The number of piperidine rings is 1. The summed E-state index contributed by atoms with van der Waals surface area (Å²) >= 11 is 0. The molecule has 2 aromatic rings. The average molecular weight is 351 g/mol. The molecular formula is C22H25NO3. The quantitative estimate of drug-likeness (QED) is 0.881. The highest BCUT2D eigenvalue weighted by Crippen LogP contribution is 2.39. The Kier molecular flexibility index (Phi) is 5.12. The van der Waals surface area contributed by atoms with Gasteiger partial charge in [0.05, 0.1) is 0 Å². The van der Waals surface area contributed by atoms with E-state index in [2.05, 4.69) is 17.0 Å². The number of phenols is 1. The van der Waals surface area contributed by atoms with Gasteiger partial charge in [-0.15, -0.1) is 0 Å². The van der Waals surface area contributed by atoms with Gasteiger partial charge in [0.25, 0.3) is 0 Å². The zero-order chi connectivity index (χ0) is 17.8. The minimum Gasteiger partial charge on any atom is -0.508 e. The van der Waals surface area contributed by atoms with Crippen LogP contribution >= 0.6 is 0 Å². The number of ether oxygens (including phenoxy) is 2. The molecule has 26 heavy (non-hydrogen) atoms. The molecule has 2 heterocycles. The second kappa shape index (κ2) is 7.83. The lowest BCUT2D eigenvalue weighted by molar-refractivity contribution is 0.183. The van der Waals surface area contributed by atoms with E-state index < -0.39 is 0 Å². The number of para-hydroxylation sites is 1. The molecule has 0 saturated carbocycles. The average Bonchev–Trinajstić information content (AvgIpc) is 2.68. The number of benzene rings is 2. The molecule has 0 spiro atoms. The first-order valence-electron chi connectivity index (χ1n) is 9.42. The molecule has 4 heteroatoms. The Morgan fingerprint density at radius 2 is 1.85 bits per heavy atom. The molecule has 0 aliphatic carbocycles. The lowest BCUT2D eigenvalue weighted by Gasteiger charge is -2.26. The normalized spacial score (nSPS) is 17.2. The van der Waals surface area contributed by atoms with E-state index in [1.165, 1.54) is 32.4 Å². The lowest BCUT2D eigenvalue weighted by Crippen LogP contribution is -2.33. The van der Waals surface area contributed by atoms with E-state index in [1.807, 2.05) is 24.3 Å². The van der Waals surface area contributed by atoms with Crippen molar-refractivity contribution in [2.24, 2.45) is 0 Å². The van der Waals surface area contributed by atoms with Gasteiger partial charge in [0.15, 0.2) is 0 Å². The van der Waals surface area contributed by atoms with Gasteiger partial charge in [0.1, 0.15) is 30.5 Å². The number of rotatable bonds is 5. The molecular weight excluding hydrogens is 326 g/mol. The summed E-state index contributed by atoms with van der Waals surface area (Å²) in [5.74, 6) is 1.83. The number of nitrogens with zero attached hydrogens (tertiary/aromatic N) is 1. The first kappa shape index (κ1) is 17.0. The van der Waals surface area contributed by atoms with Gasteiger partial charge in [-0.2, -0.15) is 0 Å². The molecule has 136 valence electrons. The van der Waals surface area contributed by atoms with Crippen LogP contribution < -0.4 is 9.47 Å². The Morgan fingerprint density at radius 1 is 1.00 bits per heavy atom. The standard InChI is InChI=1S/C22H25NO3/c24-17-8-9-20-18(10-14-25-22(20)16-17)19-6-2-3-7-21(19)26-15-13-23-11-4-1-5-12-23/h2-3,6-10,16,24H,1,4-5,11-15H2. The summed E-state index contributed by atoms with van der Waals surface area (Å²) in [7, 11) is 0. The molecule has 0 unspecified atom stereocenters. The van der Waals surface area contributed by atoms with Gasteiger partial charge in [0, 0.05) is 23.7 Å². The lowest BCUT2D eigenvalue weighted by atomic mass is 9.94. The van der Waals surface area contributed by atoms with E-state index in [1.54, 1.807) is 12.1 Å². The maximum Gasteiger partial charge on any atom is 0.131 e. The fourth-order valence-electron chi connectivity index (χ4n) is 3.72. The van der Waals surface area contributed by atoms with Crippen LogP contribution in [-0.4, -0.2) is 42.9 Å². The van der Waals surface area contributed by atoms with Gasteiger partial charge < -0.3 is 14.6 Å². The van der Waals surface area contributed by atoms with Crippen molar-refractivity contribution in [3.8, 4) is 17.2 Å². The smallest absolute Gasteiger partial charge is 0.131 e. The third-order valence-corrected chi connectivity index (χ3v) is 5.07. The van der Waals surface area contributed by atoms with Crippen LogP contribution in [0.5, 0.6) is 17.2 Å². The SMILES string of the molecule is Oc1ccc2c(c1)OCC=C2c1ccccc1OCCN1CCCCC1. The Balaban J connectivity index is 1.52. The van der Waals surface area contributed by atoms with Crippen LogP contribution in [0.25, 0.3) is 5.57 Å². The molecule has 4 rings (SSSR count). The van der Waals surface area contributed by atoms with E-state index in [4.69, 9.17) is 9.47 Å². The van der Waals surface area contributed by atoms with Crippen molar-refractivity contribution in [3.63, 3.8) is 0 Å². The fourth-order valence-corrected chi connectivity index (χ4v) is 3.72. The van der Waals surface area contributed by atoms with E-state index in [9.17, 15) is 5.11 Å². The van der Waals surface area contributed by atoms with Crippen LogP contribution in [0.15, 0.2) is 48.5 Å². The molecule has 2 aliphatic heterocycles. The number of hydrogen-bond acceptors (Lipinski definition) is 4. The molecule has 1 fully saturated rings. The summed E-state index contributed by atoms with van der Waals surface area (Å²) in [6.45, 7) is 4.53. The van der Waals surface area contributed by atoms with Gasteiger partial charge >= 0.3 is 0 Å². The monoisotopic (exact) mass is 351 g/mol. The van der Waals surface area contributed by atoms with Gasteiger partial charge in [-0.25, -0.2) is 0 Å². The Hall–Kier alpha value is -2.46. The minimum atomic E-state index is 0.219. The second-order valence-electron chi connectivity index (χ2n) is 6.86. The van der Waals surface area contributed by atoms with Crippen molar-refractivity contribution < 1.29 is 14.6 Å². The van der Waals surface area contributed by atoms with E-state index >= 15 is 0 Å². The third kappa shape index (κ3) is 3.70. The van der Waals surface area contributed by atoms with Crippen molar-refractivity contribution >= 4 is 5.57 Å². The van der Waals surface area contributed by atoms with Crippen molar-refractivity contribution in [2.45, 2.75) is 19.3 Å². The number of aromatic hydroxyl groups is 1. The van der Waals surface area contributed by atoms with Crippen LogP contribution in [0.2, 0.25) is 0 Å². The second-order valence-corrected chi connectivity index (χ2v) is 6.86. The van der Waals surface area contributed by atoms with Crippen molar-refractivity contribution in [3.05, 3.63) is 59.7 Å². The summed E-state index contributed by atoms with van der Waals surface area (Å²) in [6, 6.07) is 13.4. The van der Waals surface area contributed by atoms with E-state index in [-0.39, 0.29) is 5.75 Å². The Labute approximate surface area is 154 Å². The zero-order valence-electron chi connectivity index (χ0n) is 15.0. The third-order valence-electron chi connectivity index (χ3n) is 5.07. The van der Waals surface area contributed by atoms with Crippen molar-refractivity contribution in [2.75, 3.05) is 32.8 Å². The number of phenolic OH excluding ortho intramolecular Hbond substituents is 1. The summed E-state index contributed by atoms with van der Waals surface area (Å²) in [5, 5.41) is 9.71. The van der Waals surface area contributed by atoms with Gasteiger partial charge in [0.2, 0.25) is 0 Å². The predicted octanol–water partition coefficient (Wildman–Crippen LogP) is 4.08. The topological polar surface area (TPSA) is 41.9 Å². The van der Waals surface area contributed by atoms with Crippen LogP contribution in [0, 0.1) is 0 Å². The van der Waals surface area contributed by atoms with Gasteiger partial charge in [-0.05, 0) is 55.8 Å². The number of hydrogen-bond donors (Lipinski definition) is 1. The molecule has 0 amide bonds. The van der Waals surface area contributed by atoms with Gasteiger partial charge in [-0.3, -0.25) is 4.90 Å². The molecule has 0 atom stereocenters. The van der Waals surface area contributed by atoms with Crippen LogP contribution in [0.4, 0.5) is 0 Å². The molecule has 1 N–H and O–H groups in total. The predicted molar refractivity (Wildman–Crippen MR) is 103 cm³/mol. The van der Waals surface area contributed by atoms with Crippen LogP contribution in [0.3, 0.4) is 0 Å². The molecule has 2 aliphatic rings.